The molecule has 1 amide bonds. The summed E-state index contributed by atoms with van der Waals surface area (Å²) in [5, 5.41) is 3.51. The molecule has 0 aliphatic carbocycles. The van der Waals surface area contributed by atoms with Gasteiger partial charge in [-0.05, 0) is 30.7 Å². The summed E-state index contributed by atoms with van der Waals surface area (Å²) in [6.45, 7) is 1.76. The Morgan fingerprint density at radius 2 is 2.16 bits per heavy atom. The quantitative estimate of drug-likeness (QED) is 0.827. The van der Waals surface area contributed by atoms with E-state index in [9.17, 15) is 4.79 Å². The molecule has 0 saturated heterocycles. The first-order valence-electron chi connectivity index (χ1n) is 6.35. The minimum absolute atomic E-state index is 0.0314. The molecule has 0 aromatic heterocycles. The molecule has 0 fully saturated rings. The van der Waals surface area contributed by atoms with E-state index in [1.807, 2.05) is 0 Å². The second-order valence-electron chi connectivity index (χ2n) is 4.55. The molecule has 1 aromatic rings. The third-order valence-electron chi connectivity index (χ3n) is 3.13. The maximum Gasteiger partial charge on any atom is 0.238 e. The number of rotatable bonds is 4. The van der Waals surface area contributed by atoms with Crippen molar-refractivity contribution in [3.05, 3.63) is 41.4 Å². The predicted octanol–water partition coefficient (Wildman–Crippen LogP) is 1.87. The van der Waals surface area contributed by atoms with Crippen molar-refractivity contribution >= 4 is 23.2 Å². The summed E-state index contributed by atoms with van der Waals surface area (Å²) in [5.74, 6) is -0.0314. The topological polar surface area (TPSA) is 58.4 Å². The van der Waals surface area contributed by atoms with Crippen LogP contribution in [0.15, 0.2) is 36.4 Å². The Bertz CT molecular complexity index is 458. The van der Waals surface area contributed by atoms with Gasteiger partial charge in [0.05, 0.1) is 6.54 Å². The van der Waals surface area contributed by atoms with Crippen molar-refractivity contribution < 1.29 is 4.79 Å². The monoisotopic (exact) mass is 279 g/mol. The van der Waals surface area contributed by atoms with Gasteiger partial charge in [0.1, 0.15) is 0 Å². The highest BCUT2D eigenvalue weighted by Gasteiger charge is 2.19. The van der Waals surface area contributed by atoms with Crippen LogP contribution in [-0.2, 0) is 4.79 Å². The molecule has 1 aromatic carbocycles. The molecule has 102 valence electrons. The van der Waals surface area contributed by atoms with Gasteiger partial charge < -0.3 is 11.1 Å². The highest BCUT2D eigenvalue weighted by molar-refractivity contribution is 6.30. The first-order chi connectivity index (χ1) is 9.19. The van der Waals surface area contributed by atoms with E-state index < -0.39 is 0 Å². The summed E-state index contributed by atoms with van der Waals surface area (Å²) in [6, 6.07) is 7.24. The average molecular weight is 280 g/mol. The summed E-state index contributed by atoms with van der Waals surface area (Å²) in [4.78, 5) is 14.1. The number of hydrogen-bond acceptors (Lipinski definition) is 3. The number of nitrogens with one attached hydrogen (secondary N) is 1. The Balaban J connectivity index is 1.90. The van der Waals surface area contributed by atoms with Crippen molar-refractivity contribution in [1.29, 1.82) is 0 Å². The number of halogens is 1. The van der Waals surface area contributed by atoms with Crippen molar-refractivity contribution in [2.75, 3.05) is 25.0 Å². The lowest BCUT2D eigenvalue weighted by atomic mass is 10.1. The predicted molar refractivity (Wildman–Crippen MR) is 78.3 cm³/mol. The third kappa shape index (κ3) is 4.06. The van der Waals surface area contributed by atoms with Crippen molar-refractivity contribution in [3.63, 3.8) is 0 Å². The van der Waals surface area contributed by atoms with Crippen LogP contribution in [-0.4, -0.2) is 36.5 Å². The van der Waals surface area contributed by atoms with Gasteiger partial charge in [-0.15, -0.1) is 0 Å². The van der Waals surface area contributed by atoms with E-state index >= 15 is 0 Å². The fraction of sp³-hybridized carbons (Fsp3) is 0.357. The highest BCUT2D eigenvalue weighted by Crippen LogP contribution is 2.14. The molecule has 2 rings (SSSR count). The molecule has 0 saturated carbocycles. The van der Waals surface area contributed by atoms with Gasteiger partial charge in [0.2, 0.25) is 5.91 Å². The SMILES string of the molecule is NCC1C=CCCN1CC(=O)Nc1ccc(Cl)cc1. The standard InChI is InChI=1S/C14H18ClN3O/c15-11-4-6-12(7-5-11)17-14(19)10-18-8-2-1-3-13(18)9-16/h1,3-7,13H,2,8-10,16H2,(H,17,19). The smallest absolute Gasteiger partial charge is 0.238 e. The maximum absolute atomic E-state index is 12.0. The lowest BCUT2D eigenvalue weighted by Crippen LogP contribution is -2.45. The Hall–Kier alpha value is -1.36. The number of hydrogen-bond donors (Lipinski definition) is 2. The van der Waals surface area contributed by atoms with Crippen LogP contribution in [0.4, 0.5) is 5.69 Å². The summed E-state index contributed by atoms with van der Waals surface area (Å²) in [6.07, 6.45) is 5.15. The summed E-state index contributed by atoms with van der Waals surface area (Å²) >= 11 is 5.80. The summed E-state index contributed by atoms with van der Waals surface area (Å²) < 4.78 is 0. The Morgan fingerprint density at radius 1 is 1.42 bits per heavy atom. The van der Waals surface area contributed by atoms with E-state index in [2.05, 4.69) is 22.4 Å². The van der Waals surface area contributed by atoms with Crippen molar-refractivity contribution in [1.82, 2.24) is 4.90 Å². The minimum atomic E-state index is -0.0314. The van der Waals surface area contributed by atoms with Gasteiger partial charge in [0, 0.05) is 29.8 Å². The van der Waals surface area contributed by atoms with E-state index in [0.717, 1.165) is 18.7 Å². The largest absolute Gasteiger partial charge is 0.329 e. The number of carbonyl (C=O) groups excluding carboxylic acids is 1. The van der Waals surface area contributed by atoms with Gasteiger partial charge in [-0.1, -0.05) is 23.8 Å². The van der Waals surface area contributed by atoms with Gasteiger partial charge in [-0.3, -0.25) is 9.69 Å². The van der Waals surface area contributed by atoms with Crippen LogP contribution in [0.25, 0.3) is 0 Å². The Morgan fingerprint density at radius 3 is 2.84 bits per heavy atom. The van der Waals surface area contributed by atoms with E-state index in [0.29, 0.717) is 18.1 Å². The zero-order valence-electron chi connectivity index (χ0n) is 10.7. The highest BCUT2D eigenvalue weighted by atomic mass is 35.5. The molecule has 1 aliphatic rings. The first-order valence-corrected chi connectivity index (χ1v) is 6.73. The lowest BCUT2D eigenvalue weighted by molar-refractivity contribution is -0.117. The van der Waals surface area contributed by atoms with Crippen LogP contribution in [0.5, 0.6) is 0 Å². The Kier molecular flexibility index (Phi) is 4.96. The van der Waals surface area contributed by atoms with Gasteiger partial charge in [-0.2, -0.15) is 0 Å². The van der Waals surface area contributed by atoms with Gasteiger partial charge in [-0.25, -0.2) is 0 Å². The number of amides is 1. The molecule has 1 heterocycles. The van der Waals surface area contributed by atoms with Crippen LogP contribution < -0.4 is 11.1 Å². The molecule has 0 bridgehead atoms. The van der Waals surface area contributed by atoms with E-state index in [1.165, 1.54) is 0 Å². The molecule has 4 nitrogen and oxygen atoms in total. The molecule has 1 unspecified atom stereocenters. The zero-order valence-corrected chi connectivity index (χ0v) is 11.4. The lowest BCUT2D eigenvalue weighted by Gasteiger charge is -2.30. The fourth-order valence-electron chi connectivity index (χ4n) is 2.12. The molecule has 0 spiro atoms. The number of nitrogens with zero attached hydrogens (tertiary/aromatic N) is 1. The normalized spacial score (nSPS) is 19.4. The molecule has 5 heteroatoms. The van der Waals surface area contributed by atoms with E-state index in [-0.39, 0.29) is 11.9 Å². The molecule has 0 radical (unpaired) electrons. The minimum Gasteiger partial charge on any atom is -0.329 e. The second kappa shape index (κ2) is 6.70. The Labute approximate surface area is 118 Å². The first kappa shape index (κ1) is 14.1. The maximum atomic E-state index is 12.0. The molecular weight excluding hydrogens is 262 g/mol. The van der Waals surface area contributed by atoms with Gasteiger partial charge in [0.25, 0.3) is 0 Å². The average Bonchev–Trinajstić information content (AvgIpc) is 2.42. The third-order valence-corrected chi connectivity index (χ3v) is 3.38. The fourth-order valence-corrected chi connectivity index (χ4v) is 2.25. The number of anilines is 1. The summed E-state index contributed by atoms with van der Waals surface area (Å²) in [5.41, 5.74) is 6.46. The van der Waals surface area contributed by atoms with Crippen LogP contribution in [0.1, 0.15) is 6.42 Å². The summed E-state index contributed by atoms with van der Waals surface area (Å²) in [7, 11) is 0. The molecule has 19 heavy (non-hydrogen) atoms. The van der Waals surface area contributed by atoms with Crippen molar-refractivity contribution in [3.8, 4) is 0 Å². The van der Waals surface area contributed by atoms with Crippen molar-refractivity contribution in [2.24, 2.45) is 5.73 Å². The number of benzene rings is 1. The van der Waals surface area contributed by atoms with E-state index in [1.54, 1.807) is 24.3 Å². The second-order valence-corrected chi connectivity index (χ2v) is 4.98. The molecule has 1 atom stereocenters. The van der Waals surface area contributed by atoms with Crippen LogP contribution >= 0.6 is 11.6 Å². The van der Waals surface area contributed by atoms with E-state index in [4.69, 9.17) is 17.3 Å². The molecule has 3 N–H and O–H groups in total. The van der Waals surface area contributed by atoms with Crippen LogP contribution in [0, 0.1) is 0 Å². The molecule has 1 aliphatic heterocycles. The number of carbonyl (C=O) groups is 1. The van der Waals surface area contributed by atoms with Gasteiger partial charge >= 0.3 is 0 Å². The van der Waals surface area contributed by atoms with Crippen LogP contribution in [0.2, 0.25) is 5.02 Å². The van der Waals surface area contributed by atoms with Crippen molar-refractivity contribution in [2.45, 2.75) is 12.5 Å². The molecular formula is C14H18ClN3O. The van der Waals surface area contributed by atoms with Crippen LogP contribution in [0.3, 0.4) is 0 Å². The zero-order chi connectivity index (χ0) is 13.7. The number of nitrogens with two attached hydrogens (primary N) is 1. The van der Waals surface area contributed by atoms with Gasteiger partial charge in [0.15, 0.2) is 0 Å².